The van der Waals surface area contributed by atoms with Gasteiger partial charge in [-0.1, -0.05) is 0 Å². The molecule has 0 aliphatic heterocycles. The van der Waals surface area contributed by atoms with E-state index in [2.05, 4.69) is 4.99 Å². The number of hydrogen-bond acceptors (Lipinski definition) is 3. The Labute approximate surface area is 98.1 Å². The Balaban J connectivity index is 3.36. The van der Waals surface area contributed by atoms with Crippen molar-refractivity contribution < 1.29 is 4.92 Å². The third-order valence-corrected chi connectivity index (χ3v) is 2.46. The van der Waals surface area contributed by atoms with Gasteiger partial charge in [0.25, 0.3) is 5.69 Å². The molecule has 2 N–H and O–H groups in total. The minimum atomic E-state index is -0.479. The van der Waals surface area contributed by atoms with E-state index in [0.717, 1.165) is 11.1 Å². The van der Waals surface area contributed by atoms with Gasteiger partial charge in [-0.2, -0.15) is 0 Å². The highest BCUT2D eigenvalue weighted by molar-refractivity contribution is 6.28. The summed E-state index contributed by atoms with van der Waals surface area (Å²) in [5, 5.41) is 10.8. The normalized spacial score (nSPS) is 11.6. The van der Waals surface area contributed by atoms with E-state index in [4.69, 9.17) is 17.3 Å². The highest BCUT2D eigenvalue weighted by Crippen LogP contribution is 2.30. The van der Waals surface area contributed by atoms with Crippen molar-refractivity contribution in [1.82, 2.24) is 0 Å². The first-order valence-electron chi connectivity index (χ1n) is 4.60. The van der Waals surface area contributed by atoms with Crippen LogP contribution in [0, 0.1) is 24.0 Å². The van der Waals surface area contributed by atoms with Crippen molar-refractivity contribution in [3.8, 4) is 0 Å². The lowest BCUT2D eigenvalue weighted by molar-refractivity contribution is -0.384. The molecule has 0 unspecified atom stereocenters. The van der Waals surface area contributed by atoms with Crippen molar-refractivity contribution in [2.24, 2.45) is 10.7 Å². The molecule has 1 aromatic carbocycles. The first-order valence-corrected chi connectivity index (χ1v) is 5.13. The van der Waals surface area contributed by atoms with Crippen LogP contribution in [0.5, 0.6) is 0 Å². The molecule has 1 rings (SSSR count). The molecule has 0 amide bonds. The van der Waals surface area contributed by atoms with Crippen LogP contribution in [0.15, 0.2) is 17.1 Å². The maximum Gasteiger partial charge on any atom is 0.295 e. The first-order chi connectivity index (χ1) is 7.45. The molecular formula is C10H12ClN3O2. The zero-order chi connectivity index (χ0) is 12.3. The van der Waals surface area contributed by atoms with Crippen LogP contribution in [0.1, 0.15) is 11.1 Å². The van der Waals surface area contributed by atoms with Gasteiger partial charge in [0.15, 0.2) is 0 Å². The summed E-state index contributed by atoms with van der Waals surface area (Å²) in [4.78, 5) is 14.3. The minimum absolute atomic E-state index is 0.0457. The van der Waals surface area contributed by atoms with Gasteiger partial charge < -0.3 is 5.73 Å². The molecule has 0 saturated heterocycles. The predicted molar refractivity (Wildman–Crippen MR) is 64.6 cm³/mol. The second-order valence-electron chi connectivity index (χ2n) is 3.42. The fourth-order valence-electron chi connectivity index (χ4n) is 1.21. The fourth-order valence-corrected chi connectivity index (χ4v) is 1.27. The van der Waals surface area contributed by atoms with Crippen LogP contribution >= 0.6 is 11.6 Å². The largest absolute Gasteiger partial charge is 0.386 e. The van der Waals surface area contributed by atoms with Gasteiger partial charge in [-0.25, -0.2) is 4.99 Å². The van der Waals surface area contributed by atoms with Gasteiger partial charge in [0, 0.05) is 6.07 Å². The second-order valence-corrected chi connectivity index (χ2v) is 3.69. The van der Waals surface area contributed by atoms with E-state index >= 15 is 0 Å². The number of amidine groups is 1. The molecule has 16 heavy (non-hydrogen) atoms. The summed E-state index contributed by atoms with van der Waals surface area (Å²) in [5.41, 5.74) is 7.41. The van der Waals surface area contributed by atoms with Crippen LogP contribution in [0.3, 0.4) is 0 Å². The Morgan fingerprint density at radius 3 is 2.56 bits per heavy atom. The lowest BCUT2D eigenvalue weighted by atomic mass is 10.1. The van der Waals surface area contributed by atoms with Gasteiger partial charge >= 0.3 is 0 Å². The molecule has 6 heteroatoms. The number of rotatable bonds is 3. The van der Waals surface area contributed by atoms with Crippen molar-refractivity contribution in [1.29, 1.82) is 0 Å². The summed E-state index contributed by atoms with van der Waals surface area (Å²) in [6.45, 7) is 3.66. The number of halogens is 1. The maximum absolute atomic E-state index is 10.8. The van der Waals surface area contributed by atoms with E-state index in [0.29, 0.717) is 0 Å². The summed E-state index contributed by atoms with van der Waals surface area (Å²) in [5.74, 6) is 0.206. The molecule has 5 nitrogen and oxygen atoms in total. The van der Waals surface area contributed by atoms with Gasteiger partial charge in [-0.15, -0.1) is 11.6 Å². The van der Waals surface area contributed by atoms with Crippen LogP contribution in [-0.2, 0) is 0 Å². The van der Waals surface area contributed by atoms with Crippen LogP contribution in [0.25, 0.3) is 0 Å². The highest BCUT2D eigenvalue weighted by atomic mass is 35.5. The molecule has 0 heterocycles. The van der Waals surface area contributed by atoms with E-state index in [1.807, 2.05) is 6.92 Å². The van der Waals surface area contributed by atoms with Crippen LogP contribution in [0.2, 0.25) is 0 Å². The number of benzene rings is 1. The molecule has 1 aromatic rings. The first kappa shape index (κ1) is 12.4. The molecule has 0 bridgehead atoms. The summed E-state index contributed by atoms with van der Waals surface area (Å²) < 4.78 is 0. The van der Waals surface area contributed by atoms with Crippen LogP contribution in [0.4, 0.5) is 11.4 Å². The number of hydrogen-bond donors (Lipinski definition) is 1. The third kappa shape index (κ3) is 2.70. The molecule has 0 spiro atoms. The summed E-state index contributed by atoms with van der Waals surface area (Å²) >= 11 is 5.48. The van der Waals surface area contributed by atoms with Gasteiger partial charge in [0.1, 0.15) is 11.5 Å². The van der Waals surface area contributed by atoms with Crippen molar-refractivity contribution in [2.45, 2.75) is 13.8 Å². The van der Waals surface area contributed by atoms with E-state index < -0.39 is 4.92 Å². The van der Waals surface area contributed by atoms with Crippen LogP contribution in [-0.4, -0.2) is 16.6 Å². The van der Waals surface area contributed by atoms with Crippen molar-refractivity contribution in [3.63, 3.8) is 0 Å². The van der Waals surface area contributed by atoms with Crippen molar-refractivity contribution in [2.75, 3.05) is 5.88 Å². The number of alkyl halides is 1. The van der Waals surface area contributed by atoms with E-state index in [-0.39, 0.29) is 23.1 Å². The maximum atomic E-state index is 10.8. The lowest BCUT2D eigenvalue weighted by Crippen LogP contribution is -2.12. The van der Waals surface area contributed by atoms with Crippen molar-refractivity contribution >= 4 is 28.8 Å². The molecule has 0 radical (unpaired) electrons. The summed E-state index contributed by atoms with van der Waals surface area (Å²) in [6.07, 6.45) is 0. The van der Waals surface area contributed by atoms with Crippen molar-refractivity contribution in [3.05, 3.63) is 33.4 Å². The zero-order valence-corrected chi connectivity index (χ0v) is 9.78. The standard InChI is InChI=1S/C10H12ClN3O2/c1-6-3-8(13-10(12)5-11)9(14(15)16)4-7(6)2/h3-4H,5H2,1-2H3,(H2,12,13). The second kappa shape index (κ2) is 4.94. The molecule has 0 aliphatic rings. The average molecular weight is 242 g/mol. The quantitative estimate of drug-likeness (QED) is 0.290. The third-order valence-electron chi connectivity index (χ3n) is 2.19. The topological polar surface area (TPSA) is 81.5 Å². The van der Waals surface area contributed by atoms with Gasteiger partial charge in [0.2, 0.25) is 0 Å². The summed E-state index contributed by atoms with van der Waals surface area (Å²) in [6, 6.07) is 3.11. The molecule has 86 valence electrons. The Morgan fingerprint density at radius 2 is 2.06 bits per heavy atom. The number of aryl methyl sites for hydroxylation is 2. The van der Waals surface area contributed by atoms with Gasteiger partial charge in [-0.05, 0) is 31.0 Å². The number of nitrogens with zero attached hydrogens (tertiary/aromatic N) is 2. The monoisotopic (exact) mass is 241 g/mol. The predicted octanol–water partition coefficient (Wildman–Crippen LogP) is 2.44. The van der Waals surface area contributed by atoms with E-state index in [1.54, 1.807) is 13.0 Å². The number of nitrogens with two attached hydrogens (primary N) is 1. The minimum Gasteiger partial charge on any atom is -0.386 e. The molecule has 0 saturated carbocycles. The van der Waals surface area contributed by atoms with Gasteiger partial charge in [0.05, 0.1) is 10.8 Å². The Kier molecular flexibility index (Phi) is 3.84. The zero-order valence-electron chi connectivity index (χ0n) is 9.03. The SMILES string of the molecule is Cc1cc(N=C(N)CCl)c([N+](=O)[O-])cc1C. The van der Waals surface area contributed by atoms with E-state index in [9.17, 15) is 10.1 Å². The average Bonchev–Trinajstić information content (AvgIpc) is 2.22. The molecule has 0 atom stereocenters. The van der Waals surface area contributed by atoms with Gasteiger partial charge in [-0.3, -0.25) is 10.1 Å². The number of nitro benzene ring substituents is 1. The van der Waals surface area contributed by atoms with Crippen LogP contribution < -0.4 is 5.73 Å². The molecule has 0 aliphatic carbocycles. The molecular weight excluding hydrogens is 230 g/mol. The Hall–Kier alpha value is -1.62. The smallest absolute Gasteiger partial charge is 0.295 e. The highest BCUT2D eigenvalue weighted by Gasteiger charge is 2.15. The Morgan fingerprint density at radius 1 is 1.50 bits per heavy atom. The molecule has 0 aromatic heterocycles. The number of aliphatic imine (C=N–C) groups is 1. The number of nitro groups is 1. The Bertz CT molecular complexity index is 458. The summed E-state index contributed by atoms with van der Waals surface area (Å²) in [7, 11) is 0. The van der Waals surface area contributed by atoms with E-state index in [1.165, 1.54) is 6.07 Å². The molecule has 0 fully saturated rings. The fraction of sp³-hybridized carbons (Fsp3) is 0.300. The lowest BCUT2D eigenvalue weighted by Gasteiger charge is -2.03.